The highest BCUT2D eigenvalue weighted by atomic mass is 16.3. The molecule has 1 aliphatic heterocycles. The molecule has 5 nitrogen and oxygen atoms in total. The number of β-amino-alcohol motifs (C(OH)–C–C–N with tert-alkyl or cyclic N) is 1. The van der Waals surface area contributed by atoms with Crippen molar-refractivity contribution in [2.45, 2.75) is 39.7 Å². The quantitative estimate of drug-likeness (QED) is 0.607. The van der Waals surface area contributed by atoms with E-state index in [1.54, 1.807) is 0 Å². The Kier molecular flexibility index (Phi) is 7.18. The van der Waals surface area contributed by atoms with Crippen LogP contribution in [0.5, 0.6) is 0 Å². The van der Waals surface area contributed by atoms with Crippen molar-refractivity contribution < 1.29 is 5.11 Å². The maximum atomic E-state index is 10.0. The van der Waals surface area contributed by atoms with E-state index >= 15 is 0 Å². The van der Waals surface area contributed by atoms with Gasteiger partial charge in [-0.15, -0.1) is 0 Å². The topological polar surface area (TPSA) is 52.5 Å². The van der Waals surface area contributed by atoms with E-state index in [0.29, 0.717) is 0 Å². The molecule has 0 aliphatic carbocycles. The first-order valence-electron chi connectivity index (χ1n) is 11.7. The Labute approximate surface area is 191 Å². The van der Waals surface area contributed by atoms with Crippen molar-refractivity contribution in [3.63, 3.8) is 0 Å². The first-order chi connectivity index (χ1) is 15.5. The molecular weight excluding hydrogens is 396 g/mol. The lowest BCUT2D eigenvalue weighted by Crippen LogP contribution is -2.49. The van der Waals surface area contributed by atoms with Crippen LogP contribution in [0, 0.1) is 13.8 Å². The summed E-state index contributed by atoms with van der Waals surface area (Å²) in [4.78, 5) is 14.8. The van der Waals surface area contributed by atoms with Crippen molar-refractivity contribution in [2.24, 2.45) is 0 Å². The van der Waals surface area contributed by atoms with Crippen LogP contribution in [-0.2, 0) is 6.42 Å². The summed E-state index contributed by atoms with van der Waals surface area (Å²) in [6.45, 7) is 10.7. The van der Waals surface area contributed by atoms with Crippen LogP contribution < -0.4 is 4.90 Å². The van der Waals surface area contributed by atoms with Gasteiger partial charge in [0.15, 0.2) is 5.82 Å². The zero-order chi connectivity index (χ0) is 22.5. The average molecular weight is 431 g/mol. The Morgan fingerprint density at radius 3 is 2.38 bits per heavy atom. The minimum Gasteiger partial charge on any atom is -0.392 e. The van der Waals surface area contributed by atoms with E-state index in [4.69, 9.17) is 9.97 Å². The van der Waals surface area contributed by atoms with E-state index in [1.807, 2.05) is 25.1 Å². The number of benzene rings is 2. The molecule has 1 aliphatic rings. The number of rotatable bonds is 7. The average Bonchev–Trinajstić information content (AvgIpc) is 2.81. The first kappa shape index (κ1) is 22.4. The second kappa shape index (κ2) is 10.2. The maximum Gasteiger partial charge on any atom is 0.161 e. The predicted octanol–water partition coefficient (Wildman–Crippen LogP) is 4.24. The summed E-state index contributed by atoms with van der Waals surface area (Å²) in [6, 6.07) is 18.9. The van der Waals surface area contributed by atoms with Gasteiger partial charge in [0.25, 0.3) is 0 Å². The summed E-state index contributed by atoms with van der Waals surface area (Å²) in [5.41, 5.74) is 5.85. The van der Waals surface area contributed by atoms with Gasteiger partial charge < -0.3 is 10.0 Å². The number of aliphatic hydroxyl groups excluding tert-OH is 1. The fourth-order valence-corrected chi connectivity index (χ4v) is 4.36. The van der Waals surface area contributed by atoms with Gasteiger partial charge in [-0.2, -0.15) is 0 Å². The van der Waals surface area contributed by atoms with Crippen LogP contribution in [-0.4, -0.2) is 58.8 Å². The van der Waals surface area contributed by atoms with Gasteiger partial charge in [-0.05, 0) is 25.8 Å². The summed E-state index contributed by atoms with van der Waals surface area (Å²) >= 11 is 0. The minimum atomic E-state index is -0.246. The predicted molar refractivity (Wildman–Crippen MR) is 131 cm³/mol. The fraction of sp³-hybridized carbons (Fsp3) is 0.407. The molecule has 1 N–H and O–H groups in total. The molecule has 0 radical (unpaired) electrons. The molecule has 4 rings (SSSR count). The van der Waals surface area contributed by atoms with Crippen LogP contribution in [0.4, 0.5) is 5.82 Å². The first-order valence-corrected chi connectivity index (χ1v) is 11.7. The van der Waals surface area contributed by atoms with Crippen LogP contribution in [0.2, 0.25) is 0 Å². The lowest BCUT2D eigenvalue weighted by Gasteiger charge is -2.37. The van der Waals surface area contributed by atoms with Gasteiger partial charge >= 0.3 is 0 Å². The lowest BCUT2D eigenvalue weighted by molar-refractivity contribution is 0.106. The molecule has 1 atom stereocenters. The third-order valence-electron chi connectivity index (χ3n) is 6.30. The molecule has 2 aromatic carbocycles. The molecule has 32 heavy (non-hydrogen) atoms. The highest BCUT2D eigenvalue weighted by Crippen LogP contribution is 2.28. The van der Waals surface area contributed by atoms with Crippen LogP contribution in [0.15, 0.2) is 54.6 Å². The normalized spacial score (nSPS) is 15.7. The van der Waals surface area contributed by atoms with Crippen molar-refractivity contribution in [2.75, 3.05) is 37.6 Å². The van der Waals surface area contributed by atoms with E-state index in [1.165, 1.54) is 16.7 Å². The molecule has 0 spiro atoms. The van der Waals surface area contributed by atoms with Crippen LogP contribution in [0.25, 0.3) is 11.4 Å². The number of anilines is 1. The molecule has 1 saturated heterocycles. The zero-order valence-electron chi connectivity index (χ0n) is 19.5. The fourth-order valence-electron chi connectivity index (χ4n) is 4.36. The highest BCUT2D eigenvalue weighted by Gasteiger charge is 2.24. The lowest BCUT2D eigenvalue weighted by atomic mass is 10.0. The Morgan fingerprint density at radius 2 is 1.69 bits per heavy atom. The van der Waals surface area contributed by atoms with E-state index in [0.717, 1.165) is 68.5 Å². The molecule has 1 fully saturated rings. The van der Waals surface area contributed by atoms with E-state index < -0.39 is 0 Å². The Balaban J connectivity index is 1.65. The standard InChI is InChI=1S/C27H34N4O/c1-4-24(32)19-30-13-15-31(16-14-30)27-25(18-22-10-8-9-20(2)17-22)21(3)28-26(29-27)23-11-6-5-7-12-23/h5-12,17,24,32H,4,13-16,18-19H2,1-3H3/t24-/m1/s1. The smallest absolute Gasteiger partial charge is 0.161 e. The summed E-state index contributed by atoms with van der Waals surface area (Å²) < 4.78 is 0. The Hall–Kier alpha value is -2.76. The van der Waals surface area contributed by atoms with E-state index in [9.17, 15) is 5.11 Å². The molecule has 0 saturated carbocycles. The SMILES string of the molecule is CC[C@@H](O)CN1CCN(c2nc(-c3ccccc3)nc(C)c2Cc2cccc(C)c2)CC1. The second-order valence-electron chi connectivity index (χ2n) is 8.82. The third kappa shape index (κ3) is 5.34. The van der Waals surface area contributed by atoms with Gasteiger partial charge in [-0.25, -0.2) is 9.97 Å². The number of aromatic nitrogens is 2. The van der Waals surface area contributed by atoms with E-state index in [-0.39, 0.29) is 6.10 Å². The molecule has 2 heterocycles. The second-order valence-corrected chi connectivity index (χ2v) is 8.82. The van der Waals surface area contributed by atoms with Crippen molar-refractivity contribution in [1.82, 2.24) is 14.9 Å². The molecule has 168 valence electrons. The molecule has 0 amide bonds. The van der Waals surface area contributed by atoms with Crippen LogP contribution >= 0.6 is 0 Å². The van der Waals surface area contributed by atoms with Gasteiger partial charge in [0.05, 0.1) is 6.10 Å². The number of aryl methyl sites for hydroxylation is 2. The van der Waals surface area contributed by atoms with Crippen molar-refractivity contribution in [3.8, 4) is 11.4 Å². The summed E-state index contributed by atoms with van der Waals surface area (Å²) in [5.74, 6) is 1.84. The number of piperazine rings is 1. The number of aliphatic hydroxyl groups is 1. The van der Waals surface area contributed by atoms with Gasteiger partial charge in [-0.1, -0.05) is 67.1 Å². The molecule has 0 bridgehead atoms. The monoisotopic (exact) mass is 430 g/mol. The highest BCUT2D eigenvalue weighted by molar-refractivity contribution is 5.61. The zero-order valence-corrected chi connectivity index (χ0v) is 19.5. The van der Waals surface area contributed by atoms with Gasteiger partial charge in [-0.3, -0.25) is 4.90 Å². The van der Waals surface area contributed by atoms with Crippen LogP contribution in [0.3, 0.4) is 0 Å². The summed E-state index contributed by atoms with van der Waals surface area (Å²) in [7, 11) is 0. The molecule has 3 aromatic rings. The Bertz CT molecular complexity index is 1030. The van der Waals surface area contributed by atoms with Crippen molar-refractivity contribution >= 4 is 5.82 Å². The largest absolute Gasteiger partial charge is 0.392 e. The molecule has 5 heteroatoms. The molecular formula is C27H34N4O. The van der Waals surface area contributed by atoms with Gasteiger partial charge in [0.1, 0.15) is 5.82 Å². The molecule has 0 unspecified atom stereocenters. The van der Waals surface area contributed by atoms with Gasteiger partial charge in [0.2, 0.25) is 0 Å². The molecule has 1 aromatic heterocycles. The van der Waals surface area contributed by atoms with E-state index in [2.05, 4.69) is 60.0 Å². The van der Waals surface area contributed by atoms with Gasteiger partial charge in [0, 0.05) is 56.0 Å². The minimum absolute atomic E-state index is 0.246. The number of hydrogen-bond donors (Lipinski definition) is 1. The third-order valence-corrected chi connectivity index (χ3v) is 6.30. The number of nitrogens with zero attached hydrogens (tertiary/aromatic N) is 4. The van der Waals surface area contributed by atoms with Crippen molar-refractivity contribution in [1.29, 1.82) is 0 Å². The summed E-state index contributed by atoms with van der Waals surface area (Å²) in [6.07, 6.45) is 1.38. The van der Waals surface area contributed by atoms with Crippen LogP contribution in [0.1, 0.15) is 35.7 Å². The summed E-state index contributed by atoms with van der Waals surface area (Å²) in [5, 5.41) is 10.0. The Morgan fingerprint density at radius 1 is 0.938 bits per heavy atom. The maximum absolute atomic E-state index is 10.0. The van der Waals surface area contributed by atoms with Crippen molar-refractivity contribution in [3.05, 3.63) is 77.0 Å². The number of hydrogen-bond acceptors (Lipinski definition) is 5.